The van der Waals surface area contributed by atoms with Crippen LogP contribution in [0.5, 0.6) is 0 Å². The number of carbonyl (C=O) groups excluding carboxylic acids is 1. The van der Waals surface area contributed by atoms with Crippen molar-refractivity contribution in [1.82, 2.24) is 5.32 Å². The van der Waals surface area contributed by atoms with Gasteiger partial charge in [0.25, 0.3) is 0 Å². The van der Waals surface area contributed by atoms with Crippen molar-refractivity contribution < 1.29 is 4.79 Å². The van der Waals surface area contributed by atoms with E-state index < -0.39 is 0 Å². The van der Waals surface area contributed by atoms with E-state index in [1.807, 2.05) is 0 Å². The minimum absolute atomic E-state index is 0.0293. The maximum Gasteiger partial charge on any atom is 0.241 e. The van der Waals surface area contributed by atoms with Crippen LogP contribution in [-0.4, -0.2) is 18.5 Å². The SMILES string of the molecule is CCc1cc(C)c(NC(=O)C2CCCCN2)c(C)c1. The smallest absolute Gasteiger partial charge is 0.241 e. The number of hydrogen-bond donors (Lipinski definition) is 2. The standard InChI is InChI=1S/C16H24N2O/c1-4-13-9-11(2)15(12(3)10-13)18-16(19)14-7-5-6-8-17-14/h9-10,14,17H,4-8H2,1-3H3,(H,18,19). The summed E-state index contributed by atoms with van der Waals surface area (Å²) in [6.07, 6.45) is 4.28. The highest BCUT2D eigenvalue weighted by Gasteiger charge is 2.21. The van der Waals surface area contributed by atoms with Crippen molar-refractivity contribution in [3.63, 3.8) is 0 Å². The summed E-state index contributed by atoms with van der Waals surface area (Å²) in [6.45, 7) is 7.23. The molecule has 1 heterocycles. The van der Waals surface area contributed by atoms with Crippen LogP contribution in [-0.2, 0) is 11.2 Å². The Morgan fingerprint density at radius 2 is 2.00 bits per heavy atom. The van der Waals surface area contributed by atoms with E-state index in [0.717, 1.165) is 42.6 Å². The number of nitrogens with one attached hydrogen (secondary N) is 2. The molecule has 0 saturated carbocycles. The van der Waals surface area contributed by atoms with Gasteiger partial charge in [-0.2, -0.15) is 0 Å². The third-order valence-electron chi connectivity index (χ3n) is 3.88. The van der Waals surface area contributed by atoms with Crippen molar-refractivity contribution in [2.75, 3.05) is 11.9 Å². The van der Waals surface area contributed by atoms with Crippen LogP contribution >= 0.6 is 0 Å². The fraction of sp³-hybridized carbons (Fsp3) is 0.562. The summed E-state index contributed by atoms with van der Waals surface area (Å²) in [6, 6.07) is 4.30. The van der Waals surface area contributed by atoms with Gasteiger partial charge in [0.1, 0.15) is 0 Å². The second-order valence-corrected chi connectivity index (χ2v) is 5.45. The predicted octanol–water partition coefficient (Wildman–Crippen LogP) is 2.95. The van der Waals surface area contributed by atoms with E-state index in [9.17, 15) is 4.79 Å². The van der Waals surface area contributed by atoms with Gasteiger partial charge in [0, 0.05) is 5.69 Å². The molecule has 1 saturated heterocycles. The molecule has 3 nitrogen and oxygen atoms in total. The number of amides is 1. The first-order valence-corrected chi connectivity index (χ1v) is 7.26. The Hall–Kier alpha value is -1.35. The molecule has 1 aliphatic heterocycles. The Morgan fingerprint density at radius 1 is 1.32 bits per heavy atom. The first kappa shape index (κ1) is 14.1. The van der Waals surface area contributed by atoms with Gasteiger partial charge in [0.15, 0.2) is 0 Å². The zero-order chi connectivity index (χ0) is 13.8. The first-order valence-electron chi connectivity index (χ1n) is 7.26. The minimum Gasteiger partial charge on any atom is -0.324 e. The molecule has 0 spiro atoms. The maximum absolute atomic E-state index is 12.3. The van der Waals surface area contributed by atoms with Crippen molar-refractivity contribution in [2.24, 2.45) is 0 Å². The lowest BCUT2D eigenvalue weighted by atomic mass is 10.0. The van der Waals surface area contributed by atoms with Crippen molar-refractivity contribution in [1.29, 1.82) is 0 Å². The molecule has 1 unspecified atom stereocenters. The Kier molecular flexibility index (Phi) is 4.59. The quantitative estimate of drug-likeness (QED) is 0.877. The molecule has 1 aromatic rings. The van der Waals surface area contributed by atoms with Crippen molar-refractivity contribution >= 4 is 11.6 Å². The number of aryl methyl sites for hydroxylation is 3. The Morgan fingerprint density at radius 3 is 2.53 bits per heavy atom. The molecule has 0 radical (unpaired) electrons. The van der Waals surface area contributed by atoms with Gasteiger partial charge in [-0.1, -0.05) is 25.5 Å². The predicted molar refractivity (Wildman–Crippen MR) is 79.6 cm³/mol. The Bertz CT molecular complexity index is 439. The van der Waals surface area contributed by atoms with Gasteiger partial charge in [0.05, 0.1) is 6.04 Å². The molecule has 1 aliphatic rings. The van der Waals surface area contributed by atoms with Crippen LogP contribution in [0.3, 0.4) is 0 Å². The second-order valence-electron chi connectivity index (χ2n) is 5.45. The van der Waals surface area contributed by atoms with E-state index in [-0.39, 0.29) is 11.9 Å². The van der Waals surface area contributed by atoms with Gasteiger partial charge in [-0.05, 0) is 56.3 Å². The summed E-state index contributed by atoms with van der Waals surface area (Å²) >= 11 is 0. The molecule has 0 aromatic heterocycles. The molecule has 3 heteroatoms. The number of carbonyl (C=O) groups is 1. The summed E-state index contributed by atoms with van der Waals surface area (Å²) in [4.78, 5) is 12.3. The van der Waals surface area contributed by atoms with E-state index in [0.29, 0.717) is 0 Å². The van der Waals surface area contributed by atoms with Crippen LogP contribution < -0.4 is 10.6 Å². The molecule has 104 valence electrons. The molecular formula is C16H24N2O. The van der Waals surface area contributed by atoms with Gasteiger partial charge >= 0.3 is 0 Å². The number of anilines is 1. The lowest BCUT2D eigenvalue weighted by Crippen LogP contribution is -2.43. The Labute approximate surface area is 115 Å². The lowest BCUT2D eigenvalue weighted by molar-refractivity contribution is -0.118. The normalized spacial score (nSPS) is 19.2. The van der Waals surface area contributed by atoms with E-state index in [4.69, 9.17) is 0 Å². The van der Waals surface area contributed by atoms with Gasteiger partial charge < -0.3 is 10.6 Å². The number of benzene rings is 1. The van der Waals surface area contributed by atoms with Gasteiger partial charge in [-0.15, -0.1) is 0 Å². The summed E-state index contributed by atoms with van der Waals surface area (Å²) in [5, 5.41) is 6.39. The summed E-state index contributed by atoms with van der Waals surface area (Å²) < 4.78 is 0. The topological polar surface area (TPSA) is 41.1 Å². The molecule has 0 bridgehead atoms. The van der Waals surface area contributed by atoms with E-state index in [1.165, 1.54) is 12.0 Å². The lowest BCUT2D eigenvalue weighted by Gasteiger charge is -2.23. The largest absolute Gasteiger partial charge is 0.324 e. The zero-order valence-corrected chi connectivity index (χ0v) is 12.2. The highest BCUT2D eigenvalue weighted by molar-refractivity contribution is 5.96. The van der Waals surface area contributed by atoms with Gasteiger partial charge in [0.2, 0.25) is 5.91 Å². The van der Waals surface area contributed by atoms with Crippen molar-refractivity contribution in [2.45, 2.75) is 52.5 Å². The van der Waals surface area contributed by atoms with Crippen molar-refractivity contribution in [3.05, 3.63) is 28.8 Å². The molecule has 0 aliphatic carbocycles. The average Bonchev–Trinajstić information content (AvgIpc) is 2.43. The number of piperidine rings is 1. The highest BCUT2D eigenvalue weighted by Crippen LogP contribution is 2.23. The minimum atomic E-state index is -0.0293. The molecule has 19 heavy (non-hydrogen) atoms. The zero-order valence-electron chi connectivity index (χ0n) is 12.2. The van der Waals surface area contributed by atoms with E-state index in [2.05, 4.69) is 43.5 Å². The molecule has 2 N–H and O–H groups in total. The van der Waals surface area contributed by atoms with Gasteiger partial charge in [-0.25, -0.2) is 0 Å². The molecule has 1 aromatic carbocycles. The Balaban J connectivity index is 2.12. The number of hydrogen-bond acceptors (Lipinski definition) is 2. The third kappa shape index (κ3) is 3.35. The summed E-state index contributed by atoms with van der Waals surface area (Å²) in [5.41, 5.74) is 4.61. The van der Waals surface area contributed by atoms with Crippen LogP contribution in [0.2, 0.25) is 0 Å². The molecule has 1 atom stereocenters. The average molecular weight is 260 g/mol. The number of rotatable bonds is 3. The summed E-state index contributed by atoms with van der Waals surface area (Å²) in [7, 11) is 0. The monoisotopic (exact) mass is 260 g/mol. The van der Waals surface area contributed by atoms with Crippen LogP contribution in [0, 0.1) is 13.8 Å². The van der Waals surface area contributed by atoms with E-state index in [1.54, 1.807) is 0 Å². The molecule has 1 amide bonds. The molecule has 2 rings (SSSR count). The molecule has 1 fully saturated rings. The summed E-state index contributed by atoms with van der Waals surface area (Å²) in [5.74, 6) is 0.107. The fourth-order valence-electron chi connectivity index (χ4n) is 2.74. The van der Waals surface area contributed by atoms with Crippen LogP contribution in [0.25, 0.3) is 0 Å². The van der Waals surface area contributed by atoms with Gasteiger partial charge in [-0.3, -0.25) is 4.79 Å². The van der Waals surface area contributed by atoms with Crippen LogP contribution in [0.4, 0.5) is 5.69 Å². The van der Waals surface area contributed by atoms with E-state index >= 15 is 0 Å². The molecular weight excluding hydrogens is 236 g/mol. The van der Waals surface area contributed by atoms with Crippen molar-refractivity contribution in [3.8, 4) is 0 Å². The second kappa shape index (κ2) is 6.20. The first-order chi connectivity index (χ1) is 9.11. The van der Waals surface area contributed by atoms with Crippen LogP contribution in [0.1, 0.15) is 42.9 Å². The van der Waals surface area contributed by atoms with Crippen LogP contribution in [0.15, 0.2) is 12.1 Å². The fourth-order valence-corrected chi connectivity index (χ4v) is 2.74. The maximum atomic E-state index is 12.3. The third-order valence-corrected chi connectivity index (χ3v) is 3.88. The highest BCUT2D eigenvalue weighted by atomic mass is 16.2.